The molecule has 2 rings (SSSR count). The molecule has 0 radical (unpaired) electrons. The molecule has 1 aromatic carbocycles. The van der Waals surface area contributed by atoms with E-state index < -0.39 is 5.60 Å². The maximum atomic E-state index is 11.4. The highest BCUT2D eigenvalue weighted by Gasteiger charge is 2.38. The van der Waals surface area contributed by atoms with Gasteiger partial charge in [-0.3, -0.25) is 4.79 Å². The van der Waals surface area contributed by atoms with Crippen molar-refractivity contribution in [2.45, 2.75) is 44.6 Å². The zero-order valence-corrected chi connectivity index (χ0v) is 14.5. The highest BCUT2D eigenvalue weighted by molar-refractivity contribution is 6.30. The summed E-state index contributed by atoms with van der Waals surface area (Å²) in [5, 5.41) is 18.3. The van der Waals surface area contributed by atoms with Gasteiger partial charge in [-0.15, -0.1) is 0 Å². The summed E-state index contributed by atoms with van der Waals surface area (Å²) in [6, 6.07) is 7.52. The Hall–Kier alpha value is -1.10. The molecular formula is C18H27ClN2O2. The van der Waals surface area contributed by atoms with E-state index >= 15 is 0 Å². The fourth-order valence-corrected chi connectivity index (χ4v) is 3.50. The molecule has 2 atom stereocenters. The van der Waals surface area contributed by atoms with E-state index in [1.807, 2.05) is 31.2 Å². The van der Waals surface area contributed by atoms with Crippen molar-refractivity contribution in [2.75, 3.05) is 19.6 Å². The summed E-state index contributed by atoms with van der Waals surface area (Å²) in [6.07, 6.45) is 3.91. The number of carbonyl (C=O) groups excluding carboxylic acids is 1. The number of rotatable bonds is 7. The molecule has 0 spiro atoms. The van der Waals surface area contributed by atoms with Crippen LogP contribution in [0.4, 0.5) is 0 Å². The minimum atomic E-state index is -0.907. The average Bonchev–Trinajstić information content (AvgIpc) is 2.59. The van der Waals surface area contributed by atoms with Crippen LogP contribution in [0.1, 0.15) is 44.6 Å². The van der Waals surface area contributed by atoms with Crippen LogP contribution in [0.15, 0.2) is 24.3 Å². The van der Waals surface area contributed by atoms with Gasteiger partial charge in [0.15, 0.2) is 0 Å². The number of hydrogen-bond acceptors (Lipinski definition) is 3. The molecule has 23 heavy (non-hydrogen) atoms. The van der Waals surface area contributed by atoms with Crippen LogP contribution in [0.5, 0.6) is 0 Å². The van der Waals surface area contributed by atoms with Gasteiger partial charge in [-0.2, -0.15) is 0 Å². The van der Waals surface area contributed by atoms with E-state index in [0.717, 1.165) is 37.9 Å². The maximum Gasteiger partial charge on any atom is 0.219 e. The fourth-order valence-electron chi connectivity index (χ4n) is 3.31. The molecular weight excluding hydrogens is 312 g/mol. The van der Waals surface area contributed by atoms with Gasteiger partial charge in [-0.05, 0) is 49.9 Å². The Morgan fingerprint density at radius 2 is 2.35 bits per heavy atom. The van der Waals surface area contributed by atoms with E-state index in [1.54, 1.807) is 0 Å². The zero-order chi connectivity index (χ0) is 16.7. The van der Waals surface area contributed by atoms with Gasteiger partial charge in [0, 0.05) is 30.5 Å². The largest absolute Gasteiger partial charge is 0.385 e. The Kier molecular flexibility index (Phi) is 6.88. The number of benzene rings is 1. The van der Waals surface area contributed by atoms with Gasteiger partial charge in [0.2, 0.25) is 5.91 Å². The van der Waals surface area contributed by atoms with Crippen molar-refractivity contribution in [1.82, 2.24) is 10.6 Å². The summed E-state index contributed by atoms with van der Waals surface area (Å²) in [4.78, 5) is 11.4. The molecule has 1 heterocycles. The van der Waals surface area contributed by atoms with Crippen molar-refractivity contribution in [1.29, 1.82) is 0 Å². The molecule has 1 aliphatic rings. The second-order valence-electron chi connectivity index (χ2n) is 6.28. The highest BCUT2D eigenvalue weighted by atomic mass is 35.5. The summed E-state index contributed by atoms with van der Waals surface area (Å²) in [7, 11) is 0. The number of amides is 1. The third-order valence-electron chi connectivity index (χ3n) is 4.67. The Morgan fingerprint density at radius 3 is 3.00 bits per heavy atom. The SMILES string of the molecule is CCC(=O)NCCCC(O)(c1cccc(Cl)c1)[C@@H]1CCCNC1. The monoisotopic (exact) mass is 338 g/mol. The Bertz CT molecular complexity index is 517. The third-order valence-corrected chi connectivity index (χ3v) is 4.91. The van der Waals surface area contributed by atoms with Crippen LogP contribution >= 0.6 is 11.6 Å². The van der Waals surface area contributed by atoms with E-state index in [-0.39, 0.29) is 11.8 Å². The molecule has 3 N–H and O–H groups in total. The fraction of sp³-hybridized carbons (Fsp3) is 0.611. The first-order chi connectivity index (χ1) is 11.1. The van der Waals surface area contributed by atoms with E-state index in [1.165, 1.54) is 0 Å². The number of aliphatic hydroxyl groups is 1. The third kappa shape index (κ3) is 4.93. The van der Waals surface area contributed by atoms with Crippen LogP contribution in [0.2, 0.25) is 5.02 Å². The number of carbonyl (C=O) groups is 1. The van der Waals surface area contributed by atoms with Crippen LogP contribution in [0, 0.1) is 5.92 Å². The zero-order valence-electron chi connectivity index (χ0n) is 13.8. The molecule has 1 fully saturated rings. The summed E-state index contributed by atoms with van der Waals surface area (Å²) < 4.78 is 0. The van der Waals surface area contributed by atoms with E-state index in [2.05, 4.69) is 10.6 Å². The van der Waals surface area contributed by atoms with Crippen molar-refractivity contribution in [3.05, 3.63) is 34.9 Å². The Morgan fingerprint density at radius 1 is 1.52 bits per heavy atom. The van der Waals surface area contributed by atoms with Crippen molar-refractivity contribution < 1.29 is 9.90 Å². The lowest BCUT2D eigenvalue weighted by Gasteiger charge is -2.39. The van der Waals surface area contributed by atoms with Crippen LogP contribution < -0.4 is 10.6 Å². The molecule has 1 aliphatic heterocycles. The molecule has 0 aliphatic carbocycles. The summed E-state index contributed by atoms with van der Waals surface area (Å²) in [6.45, 7) is 4.25. The topological polar surface area (TPSA) is 61.4 Å². The lowest BCUT2D eigenvalue weighted by molar-refractivity contribution is -0.120. The normalized spacial score (nSPS) is 20.7. The minimum absolute atomic E-state index is 0.0515. The first-order valence-corrected chi connectivity index (χ1v) is 8.90. The lowest BCUT2D eigenvalue weighted by Crippen LogP contribution is -2.44. The smallest absolute Gasteiger partial charge is 0.219 e. The predicted octanol–water partition coefficient (Wildman–Crippen LogP) is 2.83. The van der Waals surface area contributed by atoms with Gasteiger partial charge < -0.3 is 15.7 Å². The first kappa shape index (κ1) is 18.2. The quantitative estimate of drug-likeness (QED) is 0.670. The van der Waals surface area contributed by atoms with Gasteiger partial charge in [0.1, 0.15) is 0 Å². The van der Waals surface area contributed by atoms with Crippen LogP contribution in [-0.2, 0) is 10.4 Å². The van der Waals surface area contributed by atoms with Gasteiger partial charge in [0.05, 0.1) is 5.60 Å². The number of hydrogen-bond donors (Lipinski definition) is 3. The second-order valence-corrected chi connectivity index (χ2v) is 6.72. The molecule has 128 valence electrons. The average molecular weight is 339 g/mol. The molecule has 4 nitrogen and oxygen atoms in total. The molecule has 1 aromatic rings. The number of nitrogens with one attached hydrogen (secondary N) is 2. The summed E-state index contributed by atoms with van der Waals surface area (Å²) >= 11 is 6.13. The van der Waals surface area contributed by atoms with Crippen molar-refractivity contribution in [2.24, 2.45) is 5.92 Å². The van der Waals surface area contributed by atoms with Crippen molar-refractivity contribution >= 4 is 17.5 Å². The first-order valence-electron chi connectivity index (χ1n) is 8.52. The van der Waals surface area contributed by atoms with Gasteiger partial charge >= 0.3 is 0 Å². The maximum absolute atomic E-state index is 11.4. The molecule has 1 saturated heterocycles. The van der Waals surface area contributed by atoms with E-state index in [9.17, 15) is 9.90 Å². The van der Waals surface area contributed by atoms with Crippen LogP contribution in [0.25, 0.3) is 0 Å². The molecule has 0 saturated carbocycles. The molecule has 5 heteroatoms. The number of piperidine rings is 1. The summed E-state index contributed by atoms with van der Waals surface area (Å²) in [5.74, 6) is 0.215. The van der Waals surface area contributed by atoms with Gasteiger partial charge in [-0.1, -0.05) is 30.7 Å². The highest BCUT2D eigenvalue weighted by Crippen LogP contribution is 2.38. The molecule has 1 amide bonds. The van der Waals surface area contributed by atoms with Crippen LogP contribution in [0.3, 0.4) is 0 Å². The van der Waals surface area contributed by atoms with Crippen molar-refractivity contribution in [3.8, 4) is 0 Å². The van der Waals surface area contributed by atoms with Crippen LogP contribution in [-0.4, -0.2) is 30.6 Å². The van der Waals surface area contributed by atoms with E-state index in [4.69, 9.17) is 11.6 Å². The molecule has 1 unspecified atom stereocenters. The van der Waals surface area contributed by atoms with Gasteiger partial charge in [0.25, 0.3) is 0 Å². The minimum Gasteiger partial charge on any atom is -0.385 e. The second kappa shape index (κ2) is 8.67. The Labute approximate surface area is 143 Å². The standard InChI is InChI=1S/C18H27ClN2O2/c1-2-17(22)21-11-5-9-18(23,15-7-4-10-20-13-15)14-6-3-8-16(19)12-14/h3,6,8,12,15,20,23H,2,4-5,7,9-11,13H2,1H3,(H,21,22)/t15-,18?/m1/s1. The predicted molar refractivity (Wildman–Crippen MR) is 93.5 cm³/mol. The Balaban J connectivity index is 2.09. The van der Waals surface area contributed by atoms with Gasteiger partial charge in [-0.25, -0.2) is 0 Å². The lowest BCUT2D eigenvalue weighted by atomic mass is 9.74. The summed E-state index contributed by atoms with van der Waals surface area (Å²) in [5.41, 5.74) is -0.0320. The van der Waals surface area contributed by atoms with E-state index in [0.29, 0.717) is 24.4 Å². The number of halogens is 1. The molecule has 0 bridgehead atoms. The molecule has 0 aromatic heterocycles. The van der Waals surface area contributed by atoms with Crippen molar-refractivity contribution in [3.63, 3.8) is 0 Å².